The monoisotopic (exact) mass is 448 g/mol. The van der Waals surface area contributed by atoms with Crippen molar-refractivity contribution < 1.29 is 31.4 Å². The Morgan fingerprint density at radius 3 is 2.03 bits per heavy atom. The lowest BCUT2D eigenvalue weighted by molar-refractivity contribution is -0.143. The van der Waals surface area contributed by atoms with Gasteiger partial charge in [0.15, 0.2) is 5.11 Å². The quantitative estimate of drug-likeness (QED) is 0.510. The molecule has 0 unspecified atom stereocenters. The number of rotatable bonds is 5. The number of phenols is 1. The molecule has 1 aliphatic rings. The highest BCUT2D eigenvalue weighted by Gasteiger charge is 2.37. The molecule has 2 N–H and O–H groups in total. The van der Waals surface area contributed by atoms with Crippen LogP contribution in [0.25, 0.3) is 0 Å². The standard InChI is InChI=1S/C20H18F6N2OS/c21-19(22,23)14-7-13(8-15(10-14)20(24,25)26)5-6-28-16(11-27-18(28)30)9-12-1-3-17(29)4-2-12/h1-4,7-8,10,16,29H,5-6,9,11H2,(H,27,30)/t16-/m0/s1. The van der Waals surface area contributed by atoms with Crippen LogP contribution in [-0.2, 0) is 25.2 Å². The molecule has 0 aromatic heterocycles. The van der Waals surface area contributed by atoms with Crippen molar-refractivity contribution in [2.24, 2.45) is 0 Å². The third-order valence-electron chi connectivity index (χ3n) is 4.89. The van der Waals surface area contributed by atoms with Gasteiger partial charge in [-0.3, -0.25) is 0 Å². The molecule has 1 saturated heterocycles. The van der Waals surface area contributed by atoms with Crippen LogP contribution >= 0.6 is 12.2 Å². The van der Waals surface area contributed by atoms with Crippen LogP contribution in [0.1, 0.15) is 22.3 Å². The molecular weight excluding hydrogens is 430 g/mol. The fourth-order valence-corrected chi connectivity index (χ4v) is 3.69. The summed E-state index contributed by atoms with van der Waals surface area (Å²) in [4.78, 5) is 1.77. The molecule has 1 fully saturated rings. The molecule has 1 heterocycles. The maximum Gasteiger partial charge on any atom is 0.416 e. The second-order valence-electron chi connectivity index (χ2n) is 7.07. The van der Waals surface area contributed by atoms with Crippen LogP contribution in [0.15, 0.2) is 42.5 Å². The van der Waals surface area contributed by atoms with E-state index in [4.69, 9.17) is 12.2 Å². The highest BCUT2D eigenvalue weighted by Crippen LogP contribution is 2.36. The molecule has 10 heteroatoms. The second-order valence-corrected chi connectivity index (χ2v) is 7.45. The van der Waals surface area contributed by atoms with Gasteiger partial charge in [0.05, 0.1) is 17.2 Å². The molecule has 0 spiro atoms. The minimum atomic E-state index is -4.87. The third-order valence-corrected chi connectivity index (χ3v) is 5.27. The van der Waals surface area contributed by atoms with Gasteiger partial charge in [0.1, 0.15) is 5.75 Å². The number of hydrogen-bond acceptors (Lipinski definition) is 2. The average molecular weight is 448 g/mol. The van der Waals surface area contributed by atoms with Crippen molar-refractivity contribution in [3.05, 3.63) is 64.7 Å². The van der Waals surface area contributed by atoms with Crippen LogP contribution in [0, 0.1) is 0 Å². The van der Waals surface area contributed by atoms with Gasteiger partial charge in [-0.25, -0.2) is 0 Å². The van der Waals surface area contributed by atoms with Gasteiger partial charge in [0, 0.05) is 13.1 Å². The van der Waals surface area contributed by atoms with E-state index < -0.39 is 23.5 Å². The normalized spacial score (nSPS) is 17.3. The van der Waals surface area contributed by atoms with Gasteiger partial charge in [-0.1, -0.05) is 12.1 Å². The van der Waals surface area contributed by atoms with E-state index in [1.54, 1.807) is 29.2 Å². The summed E-state index contributed by atoms with van der Waals surface area (Å²) in [6.45, 7) is 0.684. The van der Waals surface area contributed by atoms with Crippen LogP contribution in [0.5, 0.6) is 5.75 Å². The fraction of sp³-hybridized carbons (Fsp3) is 0.350. The number of hydrogen-bond donors (Lipinski definition) is 2. The van der Waals surface area contributed by atoms with Gasteiger partial charge < -0.3 is 15.3 Å². The smallest absolute Gasteiger partial charge is 0.416 e. The first kappa shape index (κ1) is 22.2. The van der Waals surface area contributed by atoms with Crippen molar-refractivity contribution in [2.45, 2.75) is 31.2 Å². The maximum atomic E-state index is 13.0. The zero-order valence-corrected chi connectivity index (χ0v) is 16.3. The Morgan fingerprint density at radius 1 is 0.933 bits per heavy atom. The number of benzene rings is 2. The molecule has 3 nitrogen and oxygen atoms in total. The van der Waals surface area contributed by atoms with Crippen LogP contribution in [-0.4, -0.2) is 34.3 Å². The van der Waals surface area contributed by atoms with E-state index in [1.807, 2.05) is 0 Å². The summed E-state index contributed by atoms with van der Waals surface area (Å²) in [5, 5.41) is 12.8. The Balaban J connectivity index is 1.77. The van der Waals surface area contributed by atoms with Gasteiger partial charge >= 0.3 is 12.4 Å². The summed E-state index contributed by atoms with van der Waals surface area (Å²) in [6, 6.07) is 8.10. The highest BCUT2D eigenvalue weighted by atomic mass is 32.1. The predicted molar refractivity (Wildman–Crippen MR) is 103 cm³/mol. The minimum absolute atomic E-state index is 0.0269. The molecule has 1 atom stereocenters. The van der Waals surface area contributed by atoms with Crippen LogP contribution in [0.4, 0.5) is 26.3 Å². The zero-order chi connectivity index (χ0) is 22.1. The van der Waals surface area contributed by atoms with Crippen molar-refractivity contribution in [3.8, 4) is 5.75 Å². The van der Waals surface area contributed by atoms with Gasteiger partial charge in [-0.2, -0.15) is 26.3 Å². The first-order chi connectivity index (χ1) is 13.9. The van der Waals surface area contributed by atoms with Crippen molar-refractivity contribution in [3.63, 3.8) is 0 Å². The van der Waals surface area contributed by atoms with E-state index >= 15 is 0 Å². The largest absolute Gasteiger partial charge is 0.508 e. The summed E-state index contributed by atoms with van der Waals surface area (Å²) >= 11 is 5.25. The molecular formula is C20H18F6N2OS. The Kier molecular flexibility index (Phi) is 6.16. The molecule has 2 aromatic carbocycles. The Bertz CT molecular complexity index is 879. The first-order valence-electron chi connectivity index (χ1n) is 9.04. The van der Waals surface area contributed by atoms with Gasteiger partial charge in [-0.05, 0) is 66.5 Å². The number of nitrogens with one attached hydrogen (secondary N) is 1. The van der Waals surface area contributed by atoms with E-state index in [9.17, 15) is 31.4 Å². The summed E-state index contributed by atoms with van der Waals surface area (Å²) in [6.07, 6.45) is -9.21. The van der Waals surface area contributed by atoms with Gasteiger partial charge in [-0.15, -0.1) is 0 Å². The molecule has 3 rings (SSSR count). The number of aromatic hydroxyl groups is 1. The van der Waals surface area contributed by atoms with Crippen LogP contribution < -0.4 is 5.32 Å². The Hall–Kier alpha value is -2.49. The lowest BCUT2D eigenvalue weighted by Crippen LogP contribution is -2.37. The molecule has 1 aliphatic heterocycles. The van der Waals surface area contributed by atoms with Gasteiger partial charge in [0.25, 0.3) is 0 Å². The first-order valence-corrected chi connectivity index (χ1v) is 9.45. The van der Waals surface area contributed by atoms with E-state index in [1.165, 1.54) is 0 Å². The Morgan fingerprint density at radius 2 is 1.50 bits per heavy atom. The number of phenolic OH excluding ortho intramolecular Hbond substituents is 1. The highest BCUT2D eigenvalue weighted by molar-refractivity contribution is 7.80. The van der Waals surface area contributed by atoms with E-state index in [-0.39, 0.29) is 36.4 Å². The minimum Gasteiger partial charge on any atom is -0.508 e. The number of nitrogens with zero attached hydrogens (tertiary/aromatic N) is 1. The summed E-state index contributed by atoms with van der Waals surface area (Å²) in [7, 11) is 0. The number of halogens is 6. The SMILES string of the molecule is Oc1ccc(C[C@H]2CNC(=S)N2CCc2cc(C(F)(F)F)cc(C(F)(F)F)c2)cc1. The molecule has 0 amide bonds. The van der Waals surface area contributed by atoms with E-state index in [2.05, 4.69) is 5.32 Å². The van der Waals surface area contributed by atoms with Gasteiger partial charge in [0.2, 0.25) is 0 Å². The summed E-state index contributed by atoms with van der Waals surface area (Å²) < 4.78 is 78.3. The lowest BCUT2D eigenvalue weighted by atomic mass is 10.0. The fourth-order valence-electron chi connectivity index (χ4n) is 3.37. The van der Waals surface area contributed by atoms with Crippen molar-refractivity contribution in [1.29, 1.82) is 0 Å². The zero-order valence-electron chi connectivity index (χ0n) is 15.5. The third kappa shape index (κ3) is 5.35. The summed E-state index contributed by atoms with van der Waals surface area (Å²) in [5.41, 5.74) is -1.78. The maximum absolute atomic E-state index is 13.0. The molecule has 0 aliphatic carbocycles. The van der Waals surface area contributed by atoms with E-state index in [0.29, 0.717) is 18.1 Å². The molecule has 162 valence electrons. The second kappa shape index (κ2) is 8.33. The van der Waals surface area contributed by atoms with Crippen molar-refractivity contribution in [2.75, 3.05) is 13.1 Å². The van der Waals surface area contributed by atoms with E-state index in [0.717, 1.165) is 17.7 Å². The number of thiocarbonyl (C=S) groups is 1. The van der Waals surface area contributed by atoms with Crippen molar-refractivity contribution >= 4 is 17.3 Å². The average Bonchev–Trinajstić information content (AvgIpc) is 2.99. The molecule has 0 saturated carbocycles. The Labute approximate surface area is 174 Å². The summed E-state index contributed by atoms with van der Waals surface area (Å²) in [5.74, 6) is 0.126. The predicted octanol–water partition coefficient (Wildman–Crippen LogP) is 4.77. The molecule has 0 radical (unpaired) electrons. The molecule has 30 heavy (non-hydrogen) atoms. The van der Waals surface area contributed by atoms with Crippen LogP contribution in [0.3, 0.4) is 0 Å². The number of alkyl halides is 6. The van der Waals surface area contributed by atoms with Crippen molar-refractivity contribution in [1.82, 2.24) is 10.2 Å². The lowest BCUT2D eigenvalue weighted by Gasteiger charge is -2.25. The topological polar surface area (TPSA) is 35.5 Å². The molecule has 0 bridgehead atoms. The molecule has 2 aromatic rings. The van der Waals surface area contributed by atoms with Crippen LogP contribution in [0.2, 0.25) is 0 Å².